The average molecular weight is 590 g/mol. The van der Waals surface area contributed by atoms with Gasteiger partial charge in [0.25, 0.3) is 5.91 Å². The van der Waals surface area contributed by atoms with E-state index in [9.17, 15) is 24.0 Å². The minimum Gasteiger partial charge on any atom is -0.453 e. The highest BCUT2D eigenvalue weighted by atomic mass is 16.5. The maximum Gasteiger partial charge on any atom is 0.339 e. The highest BCUT2D eigenvalue weighted by Crippen LogP contribution is 2.38. The number of likely N-dealkylation sites (N-methyl/N-ethyl adjacent to an activating group) is 1. The maximum atomic E-state index is 14.0. The Bertz CT molecular complexity index is 1780. The molecule has 0 saturated carbocycles. The zero-order valence-electron chi connectivity index (χ0n) is 24.2. The average Bonchev–Trinajstić information content (AvgIpc) is 3.37. The molecule has 1 fully saturated rings. The van der Waals surface area contributed by atoms with Crippen molar-refractivity contribution in [3.05, 3.63) is 113 Å². The molecule has 1 saturated heterocycles. The summed E-state index contributed by atoms with van der Waals surface area (Å²) in [6.07, 6.45) is -1.26. The number of nitrogens with one attached hydrogen (secondary N) is 1. The molecule has 2 heterocycles. The summed E-state index contributed by atoms with van der Waals surface area (Å²) in [6, 6.07) is 25.3. The SMILES string of the molecule is CN1CCN(CC(=O)c2ccc(NC(=O)C(=O)C(C(=O)c3ccc4ccccc4c3)C3OC(=O)c4ccccc43)cc2)CC1. The van der Waals surface area contributed by atoms with E-state index < -0.39 is 35.5 Å². The number of cyclic esters (lactones) is 1. The molecule has 0 aromatic heterocycles. The second kappa shape index (κ2) is 12.3. The van der Waals surface area contributed by atoms with Gasteiger partial charge in [0.05, 0.1) is 12.1 Å². The lowest BCUT2D eigenvalue weighted by Crippen LogP contribution is -2.46. The number of carbonyl (C=O) groups is 5. The molecule has 0 radical (unpaired) electrons. The number of benzene rings is 4. The molecule has 6 rings (SSSR count). The van der Waals surface area contributed by atoms with Crippen LogP contribution >= 0.6 is 0 Å². The number of ketones is 3. The number of esters is 1. The molecule has 4 aromatic carbocycles. The summed E-state index contributed by atoms with van der Waals surface area (Å²) in [7, 11) is 2.05. The van der Waals surface area contributed by atoms with Gasteiger partial charge in [-0.3, -0.25) is 24.1 Å². The maximum absolute atomic E-state index is 14.0. The first-order chi connectivity index (χ1) is 21.3. The zero-order chi connectivity index (χ0) is 30.8. The van der Waals surface area contributed by atoms with Crippen molar-refractivity contribution in [3.8, 4) is 0 Å². The van der Waals surface area contributed by atoms with Crippen molar-refractivity contribution in [1.29, 1.82) is 0 Å². The van der Waals surface area contributed by atoms with Crippen molar-refractivity contribution in [2.75, 3.05) is 45.1 Å². The van der Waals surface area contributed by atoms with Gasteiger partial charge in [-0.25, -0.2) is 4.79 Å². The van der Waals surface area contributed by atoms with Crippen molar-refractivity contribution in [3.63, 3.8) is 0 Å². The molecular formula is C35H31N3O6. The molecule has 0 spiro atoms. The number of piperazine rings is 1. The van der Waals surface area contributed by atoms with Gasteiger partial charge >= 0.3 is 5.97 Å². The van der Waals surface area contributed by atoms with Crippen molar-refractivity contribution in [2.24, 2.45) is 5.92 Å². The largest absolute Gasteiger partial charge is 0.453 e. The van der Waals surface area contributed by atoms with Crippen LogP contribution in [0.5, 0.6) is 0 Å². The van der Waals surface area contributed by atoms with E-state index in [0.29, 0.717) is 23.4 Å². The molecule has 2 atom stereocenters. The molecule has 0 bridgehead atoms. The van der Waals surface area contributed by atoms with E-state index >= 15 is 0 Å². The number of Topliss-reactive ketones (excluding diaryl/α,β-unsaturated/α-hetero) is 3. The fraction of sp³-hybridized carbons (Fsp3) is 0.229. The second-order valence-electron chi connectivity index (χ2n) is 11.2. The van der Waals surface area contributed by atoms with Gasteiger partial charge in [-0.1, -0.05) is 54.6 Å². The minimum atomic E-state index is -1.60. The summed E-state index contributed by atoms with van der Waals surface area (Å²) in [5.74, 6) is -4.99. The molecule has 1 N–H and O–H groups in total. The fourth-order valence-corrected chi connectivity index (χ4v) is 5.71. The third kappa shape index (κ3) is 5.92. The highest BCUT2D eigenvalue weighted by molar-refractivity contribution is 6.45. The molecule has 9 heteroatoms. The summed E-state index contributed by atoms with van der Waals surface area (Å²) in [5.41, 5.74) is 1.63. The van der Waals surface area contributed by atoms with Crippen LogP contribution in [-0.4, -0.2) is 78.8 Å². The molecule has 2 aliphatic heterocycles. The van der Waals surface area contributed by atoms with Gasteiger partial charge < -0.3 is 15.0 Å². The first kappa shape index (κ1) is 29.1. The Morgan fingerprint density at radius 1 is 0.818 bits per heavy atom. The third-order valence-electron chi connectivity index (χ3n) is 8.27. The molecule has 9 nitrogen and oxygen atoms in total. The van der Waals surface area contributed by atoms with Gasteiger partial charge in [0.1, 0.15) is 12.0 Å². The number of fused-ring (bicyclic) bond motifs is 2. The van der Waals surface area contributed by atoms with E-state index in [1.54, 1.807) is 66.7 Å². The van der Waals surface area contributed by atoms with Gasteiger partial charge in [-0.2, -0.15) is 0 Å². The van der Waals surface area contributed by atoms with Crippen LogP contribution < -0.4 is 5.32 Å². The summed E-state index contributed by atoms with van der Waals surface area (Å²) in [5, 5.41) is 4.26. The van der Waals surface area contributed by atoms with Crippen LogP contribution in [0.4, 0.5) is 5.69 Å². The first-order valence-corrected chi connectivity index (χ1v) is 14.5. The Morgan fingerprint density at radius 2 is 1.48 bits per heavy atom. The number of hydrogen-bond acceptors (Lipinski definition) is 8. The number of carbonyl (C=O) groups excluding carboxylic acids is 5. The third-order valence-corrected chi connectivity index (χ3v) is 8.27. The Morgan fingerprint density at radius 3 is 2.23 bits per heavy atom. The highest BCUT2D eigenvalue weighted by Gasteiger charge is 2.46. The lowest BCUT2D eigenvalue weighted by atomic mass is 9.84. The Balaban J connectivity index is 1.22. The van der Waals surface area contributed by atoms with E-state index in [2.05, 4.69) is 22.2 Å². The Kier molecular flexibility index (Phi) is 8.15. The van der Waals surface area contributed by atoms with Crippen LogP contribution in [0.3, 0.4) is 0 Å². The van der Waals surface area contributed by atoms with E-state index in [4.69, 9.17) is 4.74 Å². The fourth-order valence-electron chi connectivity index (χ4n) is 5.71. The predicted octanol–water partition coefficient (Wildman–Crippen LogP) is 4.19. The lowest BCUT2D eigenvalue weighted by Gasteiger charge is -2.31. The number of anilines is 1. The van der Waals surface area contributed by atoms with Gasteiger partial charge in [-0.15, -0.1) is 0 Å². The summed E-state index contributed by atoms with van der Waals surface area (Å²) in [6.45, 7) is 3.75. The monoisotopic (exact) mass is 589 g/mol. The molecule has 2 unspecified atom stereocenters. The quantitative estimate of drug-likeness (QED) is 0.134. The first-order valence-electron chi connectivity index (χ1n) is 14.5. The lowest BCUT2D eigenvalue weighted by molar-refractivity contribution is -0.138. The van der Waals surface area contributed by atoms with Crippen LogP contribution in [0, 0.1) is 5.92 Å². The molecule has 4 aromatic rings. The molecule has 222 valence electrons. The number of ether oxygens (including phenoxy) is 1. The molecular weight excluding hydrogens is 558 g/mol. The standard InChI is InChI=1S/C35H31N3O6/c1-37-16-18-38(19-17-37)21-29(39)23-12-14-26(15-13-23)36-34(42)32(41)30(33-27-8-4-5-9-28(27)35(43)44-33)31(40)25-11-10-22-6-2-3-7-24(22)20-25/h2-15,20,30,33H,16-19,21H2,1H3,(H,36,42). The minimum absolute atomic E-state index is 0.0359. The second-order valence-corrected chi connectivity index (χ2v) is 11.2. The van der Waals surface area contributed by atoms with E-state index in [1.807, 2.05) is 24.3 Å². The van der Waals surface area contributed by atoms with Crippen LogP contribution in [-0.2, 0) is 14.3 Å². The van der Waals surface area contributed by atoms with E-state index in [1.165, 1.54) is 0 Å². The van der Waals surface area contributed by atoms with Gasteiger partial charge in [0, 0.05) is 48.6 Å². The Labute approximate surface area is 254 Å². The van der Waals surface area contributed by atoms with Crippen LogP contribution in [0.15, 0.2) is 91.0 Å². The summed E-state index contributed by atoms with van der Waals surface area (Å²) >= 11 is 0. The molecule has 44 heavy (non-hydrogen) atoms. The van der Waals surface area contributed by atoms with Gasteiger partial charge in [0.2, 0.25) is 5.78 Å². The van der Waals surface area contributed by atoms with E-state index in [0.717, 1.165) is 37.0 Å². The predicted molar refractivity (Wildman–Crippen MR) is 165 cm³/mol. The van der Waals surface area contributed by atoms with Crippen LogP contribution in [0.2, 0.25) is 0 Å². The van der Waals surface area contributed by atoms with Crippen molar-refractivity contribution in [1.82, 2.24) is 9.80 Å². The Hall–Kier alpha value is -4.99. The number of nitrogens with zero attached hydrogens (tertiary/aromatic N) is 2. The van der Waals surface area contributed by atoms with Gasteiger partial charge in [-0.05, 0) is 54.2 Å². The van der Waals surface area contributed by atoms with E-state index in [-0.39, 0.29) is 16.9 Å². The van der Waals surface area contributed by atoms with Gasteiger partial charge in [0.15, 0.2) is 11.6 Å². The molecule has 2 aliphatic rings. The van der Waals surface area contributed by atoms with Crippen LogP contribution in [0.1, 0.15) is 42.7 Å². The normalized spacial score (nSPS) is 17.5. The van der Waals surface area contributed by atoms with Crippen molar-refractivity contribution < 1.29 is 28.7 Å². The number of hydrogen-bond donors (Lipinski definition) is 1. The summed E-state index contributed by atoms with van der Waals surface area (Å²) in [4.78, 5) is 70.8. The molecule has 0 aliphatic carbocycles. The summed E-state index contributed by atoms with van der Waals surface area (Å²) < 4.78 is 5.55. The topological polar surface area (TPSA) is 113 Å². The number of amides is 1. The zero-order valence-corrected chi connectivity index (χ0v) is 24.2. The number of rotatable bonds is 9. The molecule has 1 amide bonds. The van der Waals surface area contributed by atoms with Crippen molar-refractivity contribution in [2.45, 2.75) is 6.10 Å². The van der Waals surface area contributed by atoms with Crippen molar-refractivity contribution >= 4 is 45.7 Å². The smallest absolute Gasteiger partial charge is 0.339 e. The van der Waals surface area contributed by atoms with Crippen LogP contribution in [0.25, 0.3) is 10.8 Å².